The van der Waals surface area contributed by atoms with Gasteiger partial charge in [-0.1, -0.05) is 54.6 Å². The lowest BCUT2D eigenvalue weighted by Crippen LogP contribution is -2.45. The van der Waals surface area contributed by atoms with Crippen LogP contribution >= 0.6 is 0 Å². The molecule has 0 bridgehead atoms. The maximum atomic E-state index is 15.7. The van der Waals surface area contributed by atoms with Crippen LogP contribution in [0.2, 0.25) is 0 Å². The zero-order valence-corrected chi connectivity index (χ0v) is 36.8. The Kier molecular flexibility index (Phi) is 12.3. The summed E-state index contributed by atoms with van der Waals surface area (Å²) in [6, 6.07) is 28.2. The Bertz CT molecular complexity index is 2950. The van der Waals surface area contributed by atoms with Crippen LogP contribution in [-0.4, -0.2) is 89.4 Å². The molecule has 0 saturated carbocycles. The Labute approximate surface area is 364 Å². The van der Waals surface area contributed by atoms with Crippen molar-refractivity contribution < 1.29 is 40.9 Å². The molecule has 0 fully saturated rings. The van der Waals surface area contributed by atoms with Crippen LogP contribution < -0.4 is 24.2 Å². The quantitative estimate of drug-likeness (QED) is 0.103. The van der Waals surface area contributed by atoms with Crippen molar-refractivity contribution in [2.24, 2.45) is 5.14 Å². The van der Waals surface area contributed by atoms with Crippen molar-refractivity contribution in [3.63, 3.8) is 0 Å². The van der Waals surface area contributed by atoms with Gasteiger partial charge >= 0.3 is 6.09 Å². The molecule has 1 amide bonds. The van der Waals surface area contributed by atoms with E-state index in [-0.39, 0.29) is 48.1 Å². The number of carboxylic acid groups (broad SMARTS) is 1. The number of nitrogens with two attached hydrogens (primary N) is 1. The average Bonchev–Trinajstić information content (AvgIpc) is 3.89. The van der Waals surface area contributed by atoms with Gasteiger partial charge in [0, 0.05) is 24.2 Å². The SMILES string of the molecule is COc1ccc(CN(Cc2ccc(OC)cc2)S(=O)(=O)c2c(S(N)(=O)=O)ccc(-c3cccc4[nH]c(N(C(=O)O)C(C)(C)C)nc34)c2-c2nnn(Cc3ccc(OC)cc3)n2)cc1. The highest BCUT2D eigenvalue weighted by atomic mass is 32.2. The van der Waals surface area contributed by atoms with Crippen LogP contribution in [0.15, 0.2) is 113 Å². The summed E-state index contributed by atoms with van der Waals surface area (Å²) in [5.74, 6) is 1.48. The number of primary sulfonamides is 1. The lowest BCUT2D eigenvalue weighted by atomic mass is 9.98. The third-order valence-corrected chi connectivity index (χ3v) is 13.0. The van der Waals surface area contributed by atoms with Crippen LogP contribution in [0.3, 0.4) is 0 Å². The molecular weight excluding hydrogens is 851 g/mol. The van der Waals surface area contributed by atoms with Gasteiger partial charge in [0.15, 0.2) is 0 Å². The molecule has 2 aromatic heterocycles. The summed E-state index contributed by atoms with van der Waals surface area (Å²) in [6.07, 6.45) is -1.26. The van der Waals surface area contributed by atoms with E-state index >= 15 is 8.42 Å². The first-order chi connectivity index (χ1) is 29.9. The number of methoxy groups -OCH3 is 3. The van der Waals surface area contributed by atoms with E-state index in [0.717, 1.165) is 20.8 Å². The minimum Gasteiger partial charge on any atom is -0.497 e. The second-order valence-electron chi connectivity index (χ2n) is 15.4. The van der Waals surface area contributed by atoms with Crippen LogP contribution in [0.4, 0.5) is 10.7 Å². The van der Waals surface area contributed by atoms with E-state index in [1.165, 1.54) is 25.1 Å². The molecule has 0 aliphatic heterocycles. The van der Waals surface area contributed by atoms with Gasteiger partial charge in [-0.15, -0.1) is 10.2 Å². The van der Waals surface area contributed by atoms with E-state index in [9.17, 15) is 18.3 Å². The first-order valence-electron chi connectivity index (χ1n) is 19.3. The highest BCUT2D eigenvalue weighted by Crippen LogP contribution is 2.43. The van der Waals surface area contributed by atoms with E-state index in [1.807, 2.05) is 0 Å². The van der Waals surface area contributed by atoms with E-state index in [4.69, 9.17) is 24.3 Å². The maximum absolute atomic E-state index is 15.7. The van der Waals surface area contributed by atoms with Crippen molar-refractivity contribution in [3.05, 3.63) is 120 Å². The number of ether oxygens (including phenoxy) is 3. The molecule has 7 aromatic rings. The van der Waals surface area contributed by atoms with E-state index in [2.05, 4.69) is 20.4 Å². The molecule has 328 valence electrons. The van der Waals surface area contributed by atoms with Crippen molar-refractivity contribution in [2.75, 3.05) is 26.2 Å². The van der Waals surface area contributed by atoms with Crippen LogP contribution in [-0.2, 0) is 39.7 Å². The molecule has 20 heteroatoms. The first-order valence-corrected chi connectivity index (χ1v) is 22.3. The van der Waals surface area contributed by atoms with E-state index in [1.54, 1.807) is 119 Å². The van der Waals surface area contributed by atoms with Crippen molar-refractivity contribution in [1.82, 2.24) is 34.5 Å². The number of H-pyrrole nitrogens is 1. The number of anilines is 1. The largest absolute Gasteiger partial charge is 0.497 e. The number of sulfonamides is 2. The predicted octanol–water partition coefficient (Wildman–Crippen LogP) is 6.28. The molecule has 0 spiro atoms. The second kappa shape index (κ2) is 17.5. The van der Waals surface area contributed by atoms with Gasteiger partial charge in [-0.25, -0.2) is 36.7 Å². The standard InChI is InChI=1S/C43H45N9O9S2/c1-43(2,3)52(42(53)54)41-45-35-9-7-8-34(38(35)46-41)33-22-23-36(62(44,55)56)39(37(33)40-47-49-51(48-40)26-29-14-20-32(61-6)21-15-29)63(57,58)50(24-27-10-16-30(59-4)17-11-27)25-28-12-18-31(60-5)19-13-28/h7-23H,24-26H2,1-6H3,(H,45,46)(H,53,54)(H2,44,55,56). The zero-order chi connectivity index (χ0) is 45.3. The summed E-state index contributed by atoms with van der Waals surface area (Å²) in [6.45, 7) is 4.78. The normalized spacial score (nSPS) is 12.1. The van der Waals surface area contributed by atoms with Gasteiger partial charge in [-0.2, -0.15) is 9.10 Å². The number of nitrogens with one attached hydrogen (secondary N) is 1. The minimum atomic E-state index is -4.93. The molecule has 7 rings (SSSR count). The lowest BCUT2D eigenvalue weighted by Gasteiger charge is -2.30. The Morgan fingerprint density at radius 1 is 0.762 bits per heavy atom. The number of rotatable bonds is 15. The zero-order valence-electron chi connectivity index (χ0n) is 35.2. The number of hydrogen-bond acceptors (Lipinski definition) is 12. The van der Waals surface area contributed by atoms with Gasteiger partial charge < -0.3 is 24.3 Å². The van der Waals surface area contributed by atoms with Gasteiger partial charge in [0.05, 0.1) is 44.5 Å². The molecule has 5 aromatic carbocycles. The fourth-order valence-electron chi connectivity index (χ4n) is 7.06. The number of amides is 1. The molecule has 2 heterocycles. The van der Waals surface area contributed by atoms with Gasteiger partial charge in [0.1, 0.15) is 27.0 Å². The van der Waals surface area contributed by atoms with E-state index < -0.39 is 41.5 Å². The number of tetrazole rings is 1. The molecule has 0 atom stereocenters. The molecule has 0 aliphatic rings. The lowest BCUT2D eigenvalue weighted by molar-refractivity contribution is 0.195. The smallest absolute Gasteiger partial charge is 0.414 e. The number of carbonyl (C=O) groups is 1. The Morgan fingerprint density at radius 2 is 1.30 bits per heavy atom. The van der Waals surface area contributed by atoms with Crippen LogP contribution in [0, 0.1) is 0 Å². The molecule has 63 heavy (non-hydrogen) atoms. The molecule has 4 N–H and O–H groups in total. The number of nitrogens with zero attached hydrogens (tertiary/aromatic N) is 7. The maximum Gasteiger partial charge on any atom is 0.414 e. The summed E-state index contributed by atoms with van der Waals surface area (Å²) in [7, 11) is -5.16. The fourth-order valence-corrected chi connectivity index (χ4v) is 10.0. The molecule has 0 radical (unpaired) electrons. The third-order valence-electron chi connectivity index (χ3n) is 10.1. The number of fused-ring (bicyclic) bond motifs is 1. The summed E-state index contributed by atoms with van der Waals surface area (Å²) in [5.41, 5.74) is 1.80. The predicted molar refractivity (Wildman–Crippen MR) is 234 cm³/mol. The molecule has 18 nitrogen and oxygen atoms in total. The fraction of sp³-hybridized carbons (Fsp3) is 0.233. The Balaban J connectivity index is 1.51. The number of benzene rings is 5. The number of aromatic nitrogens is 6. The van der Waals surface area contributed by atoms with Gasteiger partial charge in [0.2, 0.25) is 31.8 Å². The number of imidazole rings is 1. The average molecular weight is 896 g/mol. The molecule has 0 unspecified atom stereocenters. The van der Waals surface area contributed by atoms with Crippen molar-refractivity contribution in [2.45, 2.75) is 55.7 Å². The monoisotopic (exact) mass is 895 g/mol. The highest BCUT2D eigenvalue weighted by molar-refractivity contribution is 7.92. The summed E-state index contributed by atoms with van der Waals surface area (Å²) in [5, 5.41) is 29.4. The second-order valence-corrected chi connectivity index (χ2v) is 18.8. The minimum absolute atomic E-state index is 0.00159. The third kappa shape index (κ3) is 9.33. The Morgan fingerprint density at radius 3 is 1.79 bits per heavy atom. The molecule has 0 saturated heterocycles. The first kappa shape index (κ1) is 44.2. The van der Waals surface area contributed by atoms with Gasteiger partial charge in [-0.3, -0.25) is 0 Å². The Hall–Kier alpha value is -6.87. The van der Waals surface area contributed by atoms with E-state index in [0.29, 0.717) is 39.5 Å². The summed E-state index contributed by atoms with van der Waals surface area (Å²) < 4.78 is 75.8. The number of hydrogen-bond donors (Lipinski definition) is 3. The van der Waals surface area contributed by atoms with Gasteiger partial charge in [-0.05, 0) is 96.8 Å². The van der Waals surface area contributed by atoms with Crippen LogP contribution in [0.25, 0.3) is 33.5 Å². The molecular formula is C43H45N9O9S2. The van der Waals surface area contributed by atoms with Crippen molar-refractivity contribution >= 4 is 43.1 Å². The van der Waals surface area contributed by atoms with Crippen LogP contribution in [0.5, 0.6) is 17.2 Å². The van der Waals surface area contributed by atoms with Crippen LogP contribution in [0.1, 0.15) is 37.5 Å². The van der Waals surface area contributed by atoms with Crippen molar-refractivity contribution in [3.8, 4) is 39.8 Å². The molecule has 0 aliphatic carbocycles. The van der Waals surface area contributed by atoms with Crippen molar-refractivity contribution in [1.29, 1.82) is 0 Å². The van der Waals surface area contributed by atoms with Gasteiger partial charge in [0.25, 0.3) is 0 Å². The summed E-state index contributed by atoms with van der Waals surface area (Å²) >= 11 is 0. The topological polar surface area (TPSA) is 238 Å². The summed E-state index contributed by atoms with van der Waals surface area (Å²) in [4.78, 5) is 21.2. The number of aromatic amines is 1. The highest BCUT2D eigenvalue weighted by Gasteiger charge is 2.38. The number of para-hydroxylation sites is 1.